The highest BCUT2D eigenvalue weighted by Gasteiger charge is 2.37. The van der Waals surface area contributed by atoms with Crippen molar-refractivity contribution >= 4 is 17.5 Å². The van der Waals surface area contributed by atoms with Gasteiger partial charge < -0.3 is 19.7 Å². The summed E-state index contributed by atoms with van der Waals surface area (Å²) in [5.74, 6) is 1.21. The standard InChI is InChI=1S/C21H31N3O4/c1-27-15-19(25)23-11-13-24(14-12-23)20(16-5-3-4-6-16)21(26)22-17-7-9-18(28-2)10-8-17/h7-10,16,20H,3-6,11-15H2,1-2H3,(H,22,26)/t20-/m1/s1. The molecule has 1 saturated heterocycles. The van der Waals surface area contributed by atoms with Gasteiger partial charge in [0, 0.05) is 39.0 Å². The predicted octanol–water partition coefficient (Wildman–Crippen LogP) is 1.98. The first kappa shape index (κ1) is 20.6. The lowest BCUT2D eigenvalue weighted by Gasteiger charge is -2.40. The number of carbonyl (C=O) groups is 2. The number of piperazine rings is 1. The average molecular weight is 389 g/mol. The highest BCUT2D eigenvalue weighted by atomic mass is 16.5. The van der Waals surface area contributed by atoms with Gasteiger partial charge in [0.05, 0.1) is 13.2 Å². The summed E-state index contributed by atoms with van der Waals surface area (Å²) in [4.78, 5) is 29.3. The SMILES string of the molecule is COCC(=O)N1CCN([C@@H](C(=O)Nc2ccc(OC)cc2)C2CCCC2)CC1. The normalized spacial score (nSPS) is 19.4. The number of benzene rings is 1. The molecule has 7 nitrogen and oxygen atoms in total. The van der Waals surface area contributed by atoms with E-state index in [1.54, 1.807) is 7.11 Å². The maximum absolute atomic E-state index is 13.2. The monoisotopic (exact) mass is 389 g/mol. The van der Waals surface area contributed by atoms with Gasteiger partial charge in [0.2, 0.25) is 11.8 Å². The lowest BCUT2D eigenvalue weighted by Crippen LogP contribution is -2.57. The summed E-state index contributed by atoms with van der Waals surface area (Å²) in [6.07, 6.45) is 4.54. The van der Waals surface area contributed by atoms with Crippen molar-refractivity contribution in [1.82, 2.24) is 9.80 Å². The van der Waals surface area contributed by atoms with Crippen LogP contribution >= 0.6 is 0 Å². The van der Waals surface area contributed by atoms with Gasteiger partial charge in [-0.3, -0.25) is 14.5 Å². The lowest BCUT2D eigenvalue weighted by atomic mass is 9.95. The van der Waals surface area contributed by atoms with Gasteiger partial charge in [-0.05, 0) is 43.0 Å². The number of rotatable bonds is 7. The Labute approximate surface area is 167 Å². The van der Waals surface area contributed by atoms with Crippen molar-refractivity contribution < 1.29 is 19.1 Å². The van der Waals surface area contributed by atoms with E-state index in [2.05, 4.69) is 10.2 Å². The van der Waals surface area contributed by atoms with E-state index < -0.39 is 0 Å². The third-order valence-electron chi connectivity index (χ3n) is 5.80. The van der Waals surface area contributed by atoms with Gasteiger partial charge in [-0.25, -0.2) is 0 Å². The first-order valence-corrected chi connectivity index (χ1v) is 10.1. The van der Waals surface area contributed by atoms with Gasteiger partial charge >= 0.3 is 0 Å². The van der Waals surface area contributed by atoms with Gasteiger partial charge in [0.15, 0.2) is 0 Å². The molecular weight excluding hydrogens is 358 g/mol. The fourth-order valence-corrected chi connectivity index (χ4v) is 4.31. The minimum atomic E-state index is -0.149. The molecule has 154 valence electrons. The van der Waals surface area contributed by atoms with Gasteiger partial charge in [-0.1, -0.05) is 12.8 Å². The molecule has 1 heterocycles. The summed E-state index contributed by atoms with van der Waals surface area (Å²) in [7, 11) is 3.16. The van der Waals surface area contributed by atoms with Crippen LogP contribution in [0.1, 0.15) is 25.7 Å². The zero-order valence-corrected chi connectivity index (χ0v) is 16.9. The van der Waals surface area contributed by atoms with Crippen molar-refractivity contribution in [2.24, 2.45) is 5.92 Å². The molecular formula is C21H31N3O4. The van der Waals surface area contributed by atoms with Crippen molar-refractivity contribution in [1.29, 1.82) is 0 Å². The van der Waals surface area contributed by atoms with Crippen LogP contribution in [0.3, 0.4) is 0 Å². The Morgan fingerprint density at radius 3 is 2.29 bits per heavy atom. The molecule has 1 N–H and O–H groups in total. The van der Waals surface area contributed by atoms with Crippen LogP contribution < -0.4 is 10.1 Å². The van der Waals surface area contributed by atoms with Crippen LogP contribution in [-0.4, -0.2) is 74.7 Å². The van der Waals surface area contributed by atoms with Crippen molar-refractivity contribution in [3.8, 4) is 5.75 Å². The minimum Gasteiger partial charge on any atom is -0.497 e. The molecule has 0 bridgehead atoms. The number of hydrogen-bond donors (Lipinski definition) is 1. The Balaban J connectivity index is 1.65. The molecule has 28 heavy (non-hydrogen) atoms. The number of carbonyl (C=O) groups excluding carboxylic acids is 2. The van der Waals surface area contributed by atoms with Gasteiger partial charge in [-0.15, -0.1) is 0 Å². The van der Waals surface area contributed by atoms with Crippen LogP contribution in [0.2, 0.25) is 0 Å². The maximum Gasteiger partial charge on any atom is 0.248 e. The van der Waals surface area contributed by atoms with E-state index in [0.29, 0.717) is 32.1 Å². The molecule has 2 amide bonds. The number of amides is 2. The average Bonchev–Trinajstić information content (AvgIpc) is 3.23. The first-order valence-electron chi connectivity index (χ1n) is 10.1. The molecule has 0 spiro atoms. The van der Waals surface area contributed by atoms with E-state index >= 15 is 0 Å². The number of nitrogens with zero attached hydrogens (tertiary/aromatic N) is 2. The highest BCUT2D eigenvalue weighted by molar-refractivity contribution is 5.95. The molecule has 1 atom stereocenters. The molecule has 1 aliphatic carbocycles. The third-order valence-corrected chi connectivity index (χ3v) is 5.80. The predicted molar refractivity (Wildman–Crippen MR) is 107 cm³/mol. The minimum absolute atomic E-state index is 0.0160. The van der Waals surface area contributed by atoms with Crippen LogP contribution in [0.15, 0.2) is 24.3 Å². The fraction of sp³-hybridized carbons (Fsp3) is 0.619. The second-order valence-electron chi connectivity index (χ2n) is 7.56. The molecule has 0 unspecified atom stereocenters. The summed E-state index contributed by atoms with van der Waals surface area (Å²) in [5, 5.41) is 3.09. The molecule has 1 aromatic rings. The zero-order valence-electron chi connectivity index (χ0n) is 16.9. The molecule has 0 radical (unpaired) electrons. The number of nitrogens with one attached hydrogen (secondary N) is 1. The van der Waals surface area contributed by atoms with Crippen molar-refractivity contribution in [3.05, 3.63) is 24.3 Å². The van der Waals surface area contributed by atoms with E-state index in [9.17, 15) is 9.59 Å². The number of ether oxygens (including phenoxy) is 2. The quantitative estimate of drug-likeness (QED) is 0.772. The maximum atomic E-state index is 13.2. The Hall–Kier alpha value is -2.12. The number of anilines is 1. The van der Waals surface area contributed by atoms with Crippen molar-refractivity contribution in [2.45, 2.75) is 31.7 Å². The van der Waals surface area contributed by atoms with Crippen LogP contribution in [0.25, 0.3) is 0 Å². The summed E-state index contributed by atoms with van der Waals surface area (Å²) in [5.41, 5.74) is 0.780. The lowest BCUT2D eigenvalue weighted by molar-refractivity contribution is -0.138. The van der Waals surface area contributed by atoms with E-state index in [0.717, 1.165) is 24.3 Å². The van der Waals surface area contributed by atoms with E-state index in [1.165, 1.54) is 20.0 Å². The van der Waals surface area contributed by atoms with E-state index in [1.807, 2.05) is 29.2 Å². The van der Waals surface area contributed by atoms with Gasteiger partial charge in [-0.2, -0.15) is 0 Å². The molecule has 3 rings (SSSR count). The first-order chi connectivity index (χ1) is 13.6. The summed E-state index contributed by atoms with van der Waals surface area (Å²) in [6.45, 7) is 2.83. The van der Waals surface area contributed by atoms with Crippen LogP contribution in [0, 0.1) is 5.92 Å². The Bertz CT molecular complexity index is 650. The molecule has 7 heteroatoms. The highest BCUT2D eigenvalue weighted by Crippen LogP contribution is 2.31. The zero-order chi connectivity index (χ0) is 19.9. The van der Waals surface area contributed by atoms with Gasteiger partial charge in [0.1, 0.15) is 12.4 Å². The molecule has 2 fully saturated rings. The van der Waals surface area contributed by atoms with Crippen LogP contribution in [-0.2, 0) is 14.3 Å². The van der Waals surface area contributed by atoms with Gasteiger partial charge in [0.25, 0.3) is 0 Å². The van der Waals surface area contributed by atoms with E-state index in [4.69, 9.17) is 9.47 Å². The number of hydrogen-bond acceptors (Lipinski definition) is 5. The van der Waals surface area contributed by atoms with Crippen LogP contribution in [0.5, 0.6) is 5.75 Å². The molecule has 1 saturated carbocycles. The van der Waals surface area contributed by atoms with Crippen LogP contribution in [0.4, 0.5) is 5.69 Å². The Morgan fingerprint density at radius 2 is 1.71 bits per heavy atom. The summed E-state index contributed by atoms with van der Waals surface area (Å²) >= 11 is 0. The van der Waals surface area contributed by atoms with E-state index in [-0.39, 0.29) is 24.5 Å². The van der Waals surface area contributed by atoms with Crippen molar-refractivity contribution in [2.75, 3.05) is 52.3 Å². The molecule has 0 aromatic heterocycles. The molecule has 1 aliphatic heterocycles. The second-order valence-corrected chi connectivity index (χ2v) is 7.56. The van der Waals surface area contributed by atoms with Crippen molar-refractivity contribution in [3.63, 3.8) is 0 Å². The Kier molecular flexibility index (Phi) is 7.28. The smallest absolute Gasteiger partial charge is 0.248 e. The topological polar surface area (TPSA) is 71.1 Å². The summed E-state index contributed by atoms with van der Waals surface area (Å²) < 4.78 is 10.1. The Morgan fingerprint density at radius 1 is 1.07 bits per heavy atom. The fourth-order valence-electron chi connectivity index (χ4n) is 4.31. The molecule has 1 aromatic carbocycles. The number of methoxy groups -OCH3 is 2. The third kappa shape index (κ3) is 5.02. The second kappa shape index (κ2) is 9.89. The molecule has 2 aliphatic rings. The largest absolute Gasteiger partial charge is 0.497 e. The summed E-state index contributed by atoms with van der Waals surface area (Å²) in [6, 6.07) is 7.28.